The molecule has 3 amide bonds. The molecule has 2 saturated heterocycles. The van der Waals surface area contributed by atoms with E-state index in [0.717, 1.165) is 0 Å². The lowest BCUT2D eigenvalue weighted by Crippen LogP contribution is -2.68. The Bertz CT molecular complexity index is 281. The fraction of sp³-hybridized carbons (Fsp3) is 0.667. The molecule has 0 radical (unpaired) electrons. The van der Waals surface area contributed by atoms with Gasteiger partial charge in [0.2, 0.25) is 5.91 Å². The summed E-state index contributed by atoms with van der Waals surface area (Å²) in [6, 6.07) is -0.759. The van der Waals surface area contributed by atoms with E-state index >= 15 is 0 Å². The number of nitrogens with one attached hydrogen (secondary N) is 3. The minimum absolute atomic E-state index is 0.204. The van der Waals surface area contributed by atoms with E-state index in [1.807, 2.05) is 0 Å². The zero-order valence-electron chi connectivity index (χ0n) is 7.65. The van der Waals surface area contributed by atoms with Crippen LogP contribution in [-0.4, -0.2) is 47.8 Å². The molecule has 2 aliphatic heterocycles. The molecule has 78 valence electrons. The lowest BCUT2D eigenvalue weighted by Gasteiger charge is -2.36. The number of urea groups is 1. The summed E-state index contributed by atoms with van der Waals surface area (Å²) in [5.41, 5.74) is 10.6. The second-order valence-electron chi connectivity index (χ2n) is 3.25. The van der Waals surface area contributed by atoms with E-state index in [1.54, 1.807) is 7.05 Å². The number of nitrogens with zero attached hydrogens (tertiary/aromatic N) is 2. The Hall–Kier alpha value is -1.38. The van der Waals surface area contributed by atoms with Gasteiger partial charge in [-0.15, -0.1) is 0 Å². The highest BCUT2D eigenvalue weighted by Gasteiger charge is 2.43. The van der Waals surface area contributed by atoms with Gasteiger partial charge in [-0.3, -0.25) is 15.0 Å². The van der Waals surface area contributed by atoms with Gasteiger partial charge in [-0.2, -0.15) is 5.53 Å². The first-order chi connectivity index (χ1) is 6.61. The smallest absolute Gasteiger partial charge is 0.337 e. The van der Waals surface area contributed by atoms with Gasteiger partial charge in [0.15, 0.2) is 0 Å². The first kappa shape index (κ1) is 9.19. The fourth-order valence-electron chi connectivity index (χ4n) is 1.59. The van der Waals surface area contributed by atoms with Crippen LogP contribution < -0.4 is 22.0 Å². The van der Waals surface area contributed by atoms with Crippen LogP contribution >= 0.6 is 0 Å². The number of amides is 3. The predicted octanol–water partition coefficient (Wildman–Crippen LogP) is -2.90. The van der Waals surface area contributed by atoms with Gasteiger partial charge >= 0.3 is 6.03 Å². The standard InChI is InChI=1S/C6H12N6O2/c1-11-6(14)12-2-8-3(4(7)13)5(12)9-10-11/h3,5,8-10H,2H2,1H3,(H2,7,13). The van der Waals surface area contributed by atoms with Crippen molar-refractivity contribution < 1.29 is 9.59 Å². The van der Waals surface area contributed by atoms with Crippen molar-refractivity contribution in [2.24, 2.45) is 5.73 Å². The highest BCUT2D eigenvalue weighted by atomic mass is 16.2. The average Bonchev–Trinajstić information content (AvgIpc) is 2.55. The van der Waals surface area contributed by atoms with Crippen LogP contribution in [0.4, 0.5) is 4.79 Å². The molecule has 0 aromatic heterocycles. The summed E-state index contributed by atoms with van der Waals surface area (Å²) in [5.74, 6) is -0.482. The Morgan fingerprint density at radius 1 is 1.64 bits per heavy atom. The largest absolute Gasteiger partial charge is 0.368 e. The number of hydrogen-bond donors (Lipinski definition) is 4. The van der Waals surface area contributed by atoms with Gasteiger partial charge in [0.25, 0.3) is 0 Å². The highest BCUT2D eigenvalue weighted by molar-refractivity contribution is 5.83. The van der Waals surface area contributed by atoms with Crippen LogP contribution in [0.1, 0.15) is 0 Å². The van der Waals surface area contributed by atoms with Gasteiger partial charge in [0.05, 0.1) is 6.67 Å². The molecule has 0 aliphatic carbocycles. The van der Waals surface area contributed by atoms with Crippen LogP contribution in [-0.2, 0) is 4.79 Å². The number of primary amides is 1. The maximum Gasteiger partial charge on any atom is 0.337 e. The summed E-state index contributed by atoms with van der Waals surface area (Å²) < 4.78 is 0. The Kier molecular flexibility index (Phi) is 2.02. The topological polar surface area (TPSA) is 103 Å². The Balaban J connectivity index is 2.15. The van der Waals surface area contributed by atoms with Gasteiger partial charge in [0.1, 0.15) is 12.2 Å². The third kappa shape index (κ3) is 1.20. The van der Waals surface area contributed by atoms with Crippen molar-refractivity contribution in [1.82, 2.24) is 26.2 Å². The zero-order valence-corrected chi connectivity index (χ0v) is 7.65. The summed E-state index contributed by atoms with van der Waals surface area (Å²) in [5, 5.41) is 4.14. The number of rotatable bonds is 1. The molecule has 2 atom stereocenters. The van der Waals surface area contributed by atoms with E-state index in [2.05, 4.69) is 16.3 Å². The summed E-state index contributed by atoms with van der Waals surface area (Å²) in [7, 11) is 1.59. The number of carbonyl (C=O) groups is 2. The number of carbonyl (C=O) groups excluding carboxylic acids is 2. The zero-order chi connectivity index (χ0) is 10.3. The maximum absolute atomic E-state index is 11.5. The summed E-state index contributed by atoms with van der Waals surface area (Å²) in [4.78, 5) is 24.0. The molecule has 0 saturated carbocycles. The van der Waals surface area contributed by atoms with E-state index in [0.29, 0.717) is 6.67 Å². The summed E-state index contributed by atoms with van der Waals surface area (Å²) >= 11 is 0. The summed E-state index contributed by atoms with van der Waals surface area (Å²) in [6.45, 7) is 0.316. The highest BCUT2D eigenvalue weighted by Crippen LogP contribution is 2.12. The van der Waals surface area contributed by atoms with Crippen molar-refractivity contribution in [3.05, 3.63) is 0 Å². The Morgan fingerprint density at radius 2 is 2.36 bits per heavy atom. The van der Waals surface area contributed by atoms with E-state index in [4.69, 9.17) is 5.73 Å². The lowest BCUT2D eigenvalue weighted by molar-refractivity contribution is -0.120. The van der Waals surface area contributed by atoms with Crippen LogP contribution in [0.15, 0.2) is 0 Å². The minimum atomic E-state index is -0.555. The maximum atomic E-state index is 11.5. The van der Waals surface area contributed by atoms with Gasteiger partial charge in [-0.05, 0) is 0 Å². The quantitative estimate of drug-likeness (QED) is 0.364. The second kappa shape index (κ2) is 3.08. The number of nitrogens with two attached hydrogens (primary N) is 1. The fourth-order valence-corrected chi connectivity index (χ4v) is 1.59. The molecule has 2 rings (SSSR count). The third-order valence-electron chi connectivity index (χ3n) is 2.35. The molecule has 0 bridgehead atoms. The molecule has 8 nitrogen and oxygen atoms in total. The van der Waals surface area contributed by atoms with Crippen molar-refractivity contribution in [2.75, 3.05) is 13.7 Å². The van der Waals surface area contributed by atoms with Gasteiger partial charge < -0.3 is 5.73 Å². The first-order valence-electron chi connectivity index (χ1n) is 4.19. The molecule has 8 heteroatoms. The van der Waals surface area contributed by atoms with Gasteiger partial charge in [-0.1, -0.05) is 0 Å². The van der Waals surface area contributed by atoms with Crippen molar-refractivity contribution in [2.45, 2.75) is 12.2 Å². The second-order valence-corrected chi connectivity index (χ2v) is 3.25. The molecule has 2 aliphatic rings. The van der Waals surface area contributed by atoms with E-state index < -0.39 is 18.1 Å². The van der Waals surface area contributed by atoms with E-state index in [-0.39, 0.29) is 6.03 Å². The van der Waals surface area contributed by atoms with Crippen molar-refractivity contribution >= 4 is 11.9 Å². The molecular formula is C6H12N6O2. The van der Waals surface area contributed by atoms with Gasteiger partial charge in [0, 0.05) is 7.05 Å². The minimum Gasteiger partial charge on any atom is -0.368 e. The molecule has 0 aromatic carbocycles. The van der Waals surface area contributed by atoms with Crippen molar-refractivity contribution in [1.29, 1.82) is 0 Å². The van der Waals surface area contributed by atoms with Crippen molar-refractivity contribution in [3.8, 4) is 0 Å². The first-order valence-corrected chi connectivity index (χ1v) is 4.19. The van der Waals surface area contributed by atoms with Crippen LogP contribution in [0, 0.1) is 0 Å². The molecule has 2 unspecified atom stereocenters. The number of fused-ring (bicyclic) bond motifs is 1. The van der Waals surface area contributed by atoms with E-state index in [9.17, 15) is 9.59 Å². The molecule has 2 fully saturated rings. The Labute approximate surface area is 80.3 Å². The van der Waals surface area contributed by atoms with Crippen LogP contribution in [0.5, 0.6) is 0 Å². The SMILES string of the molecule is CN1NNC2C(C(N)=O)NCN2C1=O. The lowest BCUT2D eigenvalue weighted by atomic mass is 10.2. The molecular weight excluding hydrogens is 188 g/mol. The average molecular weight is 200 g/mol. The van der Waals surface area contributed by atoms with Crippen LogP contribution in [0.3, 0.4) is 0 Å². The molecule has 14 heavy (non-hydrogen) atoms. The molecule has 2 heterocycles. The number of hydrogen-bond acceptors (Lipinski definition) is 5. The Morgan fingerprint density at radius 3 is 3.00 bits per heavy atom. The van der Waals surface area contributed by atoms with Crippen LogP contribution in [0.2, 0.25) is 0 Å². The van der Waals surface area contributed by atoms with Gasteiger partial charge in [-0.25, -0.2) is 15.2 Å². The molecule has 0 aromatic rings. The predicted molar refractivity (Wildman–Crippen MR) is 46.0 cm³/mol. The van der Waals surface area contributed by atoms with Crippen LogP contribution in [0.25, 0.3) is 0 Å². The normalized spacial score (nSPS) is 31.9. The molecule has 5 N–H and O–H groups in total. The number of hydrazine groups is 2. The third-order valence-corrected chi connectivity index (χ3v) is 2.35. The molecule has 0 spiro atoms. The monoisotopic (exact) mass is 200 g/mol. The van der Waals surface area contributed by atoms with Crippen molar-refractivity contribution in [3.63, 3.8) is 0 Å². The summed E-state index contributed by atoms with van der Waals surface area (Å²) in [6.07, 6.45) is -0.420. The van der Waals surface area contributed by atoms with E-state index in [1.165, 1.54) is 9.91 Å².